The number of hydrogen-bond acceptors (Lipinski definition) is 7. The van der Waals surface area contributed by atoms with Gasteiger partial charge in [-0.15, -0.1) is 10.2 Å². The Hall–Kier alpha value is -1.83. The first-order chi connectivity index (χ1) is 10.6. The Morgan fingerprint density at radius 2 is 2.27 bits per heavy atom. The normalized spacial score (nSPS) is 10.9. The molecule has 2 rings (SSSR count). The Morgan fingerprint density at radius 1 is 1.45 bits per heavy atom. The van der Waals surface area contributed by atoms with Crippen molar-refractivity contribution < 1.29 is 13.9 Å². The Morgan fingerprint density at radius 3 is 3.00 bits per heavy atom. The minimum absolute atomic E-state index is 0.250. The molecule has 0 fully saturated rings. The molecule has 0 atom stereocenters. The summed E-state index contributed by atoms with van der Waals surface area (Å²) in [5.41, 5.74) is 1.75. The number of aromatic nitrogens is 4. The molecule has 0 saturated heterocycles. The summed E-state index contributed by atoms with van der Waals surface area (Å²) in [6, 6.07) is 1.94. The van der Waals surface area contributed by atoms with E-state index in [1.807, 2.05) is 17.7 Å². The van der Waals surface area contributed by atoms with Crippen molar-refractivity contribution in [3.05, 3.63) is 11.8 Å². The van der Waals surface area contributed by atoms with Crippen LogP contribution in [0.15, 0.2) is 15.7 Å². The predicted octanol–water partition coefficient (Wildman–Crippen LogP) is 2.70. The van der Waals surface area contributed by atoms with Crippen LogP contribution in [0.4, 0.5) is 0 Å². The van der Waals surface area contributed by atoms with Gasteiger partial charge in [0.2, 0.25) is 0 Å². The SMILES string of the molecule is CCCCn1nc(C)cc1-c1nnc(SCCC(=O)OC)o1. The molecule has 0 unspecified atom stereocenters. The minimum Gasteiger partial charge on any atom is -0.469 e. The summed E-state index contributed by atoms with van der Waals surface area (Å²) in [5, 5.41) is 13.0. The molecule has 0 aliphatic heterocycles. The first-order valence-corrected chi connectivity index (χ1v) is 8.20. The van der Waals surface area contributed by atoms with Crippen molar-refractivity contribution in [1.29, 1.82) is 0 Å². The highest BCUT2D eigenvalue weighted by molar-refractivity contribution is 7.99. The van der Waals surface area contributed by atoms with Crippen LogP contribution in [0, 0.1) is 6.92 Å². The van der Waals surface area contributed by atoms with Gasteiger partial charge in [-0.1, -0.05) is 25.1 Å². The van der Waals surface area contributed by atoms with Crippen molar-refractivity contribution in [2.24, 2.45) is 0 Å². The molecule has 2 heterocycles. The largest absolute Gasteiger partial charge is 0.469 e. The second-order valence-electron chi connectivity index (χ2n) is 4.80. The van der Waals surface area contributed by atoms with Crippen LogP contribution in [0.2, 0.25) is 0 Å². The van der Waals surface area contributed by atoms with Gasteiger partial charge >= 0.3 is 5.97 Å². The fourth-order valence-electron chi connectivity index (χ4n) is 1.89. The van der Waals surface area contributed by atoms with Gasteiger partial charge in [-0.2, -0.15) is 5.10 Å². The molecule has 0 spiro atoms. The summed E-state index contributed by atoms with van der Waals surface area (Å²) >= 11 is 1.34. The van der Waals surface area contributed by atoms with Crippen LogP contribution in [-0.4, -0.2) is 38.8 Å². The number of aryl methyl sites for hydroxylation is 2. The zero-order valence-electron chi connectivity index (χ0n) is 13.0. The van der Waals surface area contributed by atoms with Crippen molar-refractivity contribution in [2.45, 2.75) is 44.9 Å². The second kappa shape index (κ2) is 7.98. The quantitative estimate of drug-likeness (QED) is 0.545. The molecular weight excluding hydrogens is 304 g/mol. The maximum Gasteiger partial charge on any atom is 0.306 e. The Labute approximate surface area is 133 Å². The van der Waals surface area contributed by atoms with Crippen LogP contribution in [0.25, 0.3) is 11.6 Å². The summed E-state index contributed by atoms with van der Waals surface area (Å²) in [7, 11) is 1.37. The fraction of sp³-hybridized carbons (Fsp3) is 0.571. The Kier molecular flexibility index (Phi) is 6.00. The molecule has 120 valence electrons. The number of unbranched alkanes of at least 4 members (excludes halogenated alkanes) is 1. The fourth-order valence-corrected chi connectivity index (χ4v) is 2.57. The standard InChI is InChI=1S/C14H20N4O3S/c1-4-5-7-18-11(9-10(2)17-18)13-15-16-14(21-13)22-8-6-12(19)20-3/h9H,4-8H2,1-3H3. The van der Waals surface area contributed by atoms with Gasteiger partial charge in [0.15, 0.2) is 0 Å². The Balaban J connectivity index is 2.03. The van der Waals surface area contributed by atoms with Crippen molar-refractivity contribution in [3.63, 3.8) is 0 Å². The van der Waals surface area contributed by atoms with Crippen LogP contribution >= 0.6 is 11.8 Å². The maximum absolute atomic E-state index is 11.1. The number of carbonyl (C=O) groups excluding carboxylic acids is 1. The smallest absolute Gasteiger partial charge is 0.306 e. The number of hydrogen-bond donors (Lipinski definition) is 0. The molecular formula is C14H20N4O3S. The zero-order chi connectivity index (χ0) is 15.9. The molecule has 7 nitrogen and oxygen atoms in total. The molecule has 8 heteroatoms. The van der Waals surface area contributed by atoms with E-state index in [0.29, 0.717) is 23.3 Å². The molecule has 22 heavy (non-hydrogen) atoms. The van der Waals surface area contributed by atoms with E-state index in [4.69, 9.17) is 4.42 Å². The number of rotatable bonds is 8. The van der Waals surface area contributed by atoms with Gasteiger partial charge in [0.05, 0.1) is 19.2 Å². The van der Waals surface area contributed by atoms with Crippen molar-refractivity contribution >= 4 is 17.7 Å². The average molecular weight is 324 g/mol. The van der Waals surface area contributed by atoms with E-state index in [1.165, 1.54) is 18.9 Å². The lowest BCUT2D eigenvalue weighted by Gasteiger charge is -2.02. The summed E-state index contributed by atoms with van der Waals surface area (Å²) in [6.45, 7) is 4.90. The third-order valence-corrected chi connectivity index (χ3v) is 3.83. The molecule has 0 aromatic carbocycles. The highest BCUT2D eigenvalue weighted by atomic mass is 32.2. The lowest BCUT2D eigenvalue weighted by Crippen LogP contribution is -2.02. The molecule has 0 amide bonds. The van der Waals surface area contributed by atoms with Crippen LogP contribution < -0.4 is 0 Å². The predicted molar refractivity (Wildman–Crippen MR) is 82.5 cm³/mol. The van der Waals surface area contributed by atoms with Gasteiger partial charge in [-0.3, -0.25) is 9.48 Å². The molecule has 0 saturated carbocycles. The van der Waals surface area contributed by atoms with E-state index >= 15 is 0 Å². The van der Waals surface area contributed by atoms with E-state index in [1.54, 1.807) is 0 Å². The molecule has 0 radical (unpaired) electrons. The van der Waals surface area contributed by atoms with Gasteiger partial charge in [-0.25, -0.2) is 0 Å². The van der Waals surface area contributed by atoms with E-state index in [2.05, 4.69) is 27.0 Å². The number of thioether (sulfide) groups is 1. The molecule has 0 aliphatic rings. The number of carbonyl (C=O) groups is 1. The monoisotopic (exact) mass is 324 g/mol. The molecule has 2 aromatic heterocycles. The highest BCUT2D eigenvalue weighted by Gasteiger charge is 2.15. The zero-order valence-corrected chi connectivity index (χ0v) is 13.9. The Bertz CT molecular complexity index is 623. The molecule has 0 aliphatic carbocycles. The van der Waals surface area contributed by atoms with Crippen molar-refractivity contribution in [2.75, 3.05) is 12.9 Å². The molecule has 0 bridgehead atoms. The summed E-state index contributed by atoms with van der Waals surface area (Å²) in [5.74, 6) is 0.750. The summed E-state index contributed by atoms with van der Waals surface area (Å²) in [6.07, 6.45) is 2.45. The van der Waals surface area contributed by atoms with Crippen LogP contribution in [0.1, 0.15) is 31.9 Å². The molecule has 2 aromatic rings. The number of nitrogens with zero attached hydrogens (tertiary/aromatic N) is 4. The third kappa shape index (κ3) is 4.33. The van der Waals surface area contributed by atoms with Crippen LogP contribution in [-0.2, 0) is 16.1 Å². The first-order valence-electron chi connectivity index (χ1n) is 7.22. The van der Waals surface area contributed by atoms with Gasteiger partial charge < -0.3 is 9.15 Å². The van der Waals surface area contributed by atoms with Gasteiger partial charge in [0, 0.05) is 12.3 Å². The lowest BCUT2D eigenvalue weighted by atomic mass is 10.3. The van der Waals surface area contributed by atoms with Crippen molar-refractivity contribution in [1.82, 2.24) is 20.0 Å². The third-order valence-electron chi connectivity index (χ3n) is 3.01. The van der Waals surface area contributed by atoms with Crippen LogP contribution in [0.5, 0.6) is 0 Å². The highest BCUT2D eigenvalue weighted by Crippen LogP contribution is 2.24. The van der Waals surface area contributed by atoms with E-state index < -0.39 is 0 Å². The number of methoxy groups -OCH3 is 1. The minimum atomic E-state index is -0.250. The van der Waals surface area contributed by atoms with Crippen molar-refractivity contribution in [3.8, 4) is 11.6 Å². The average Bonchev–Trinajstić information content (AvgIpc) is 3.11. The van der Waals surface area contributed by atoms with Crippen LogP contribution in [0.3, 0.4) is 0 Å². The molecule has 0 N–H and O–H groups in total. The van der Waals surface area contributed by atoms with Gasteiger partial charge in [0.25, 0.3) is 11.1 Å². The van der Waals surface area contributed by atoms with E-state index in [9.17, 15) is 4.79 Å². The van der Waals surface area contributed by atoms with Gasteiger partial charge in [-0.05, 0) is 19.4 Å². The first kappa shape index (κ1) is 16.5. The topological polar surface area (TPSA) is 83.0 Å². The number of ether oxygens (including phenoxy) is 1. The maximum atomic E-state index is 11.1. The second-order valence-corrected chi connectivity index (χ2v) is 5.84. The van der Waals surface area contributed by atoms with E-state index in [-0.39, 0.29) is 5.97 Å². The number of esters is 1. The summed E-state index contributed by atoms with van der Waals surface area (Å²) in [4.78, 5) is 11.1. The van der Waals surface area contributed by atoms with Gasteiger partial charge in [0.1, 0.15) is 5.69 Å². The summed E-state index contributed by atoms with van der Waals surface area (Å²) < 4.78 is 12.1. The lowest BCUT2D eigenvalue weighted by molar-refractivity contribution is -0.140. The van der Waals surface area contributed by atoms with E-state index in [0.717, 1.165) is 30.8 Å².